The van der Waals surface area contributed by atoms with Gasteiger partial charge in [0, 0.05) is 19.2 Å². The van der Waals surface area contributed by atoms with E-state index in [4.69, 9.17) is 10.5 Å². The second-order valence-electron chi connectivity index (χ2n) is 6.05. The van der Waals surface area contributed by atoms with E-state index in [2.05, 4.69) is 11.8 Å². The summed E-state index contributed by atoms with van der Waals surface area (Å²) in [6, 6.07) is 0. The fourth-order valence-corrected chi connectivity index (χ4v) is 3.57. The molecular formula is C14H28N2O. The highest BCUT2D eigenvalue weighted by Gasteiger charge is 2.41. The molecule has 100 valence electrons. The van der Waals surface area contributed by atoms with Crippen LogP contribution in [0.2, 0.25) is 0 Å². The van der Waals surface area contributed by atoms with Crippen molar-refractivity contribution in [3.8, 4) is 0 Å². The molecule has 2 N–H and O–H groups in total. The van der Waals surface area contributed by atoms with Gasteiger partial charge in [-0.1, -0.05) is 6.92 Å². The minimum atomic E-state index is 0.235. The quantitative estimate of drug-likeness (QED) is 0.820. The van der Waals surface area contributed by atoms with Gasteiger partial charge < -0.3 is 10.5 Å². The second kappa shape index (κ2) is 5.68. The number of likely N-dealkylation sites (tertiary alicyclic amines) is 1. The van der Waals surface area contributed by atoms with Crippen molar-refractivity contribution in [1.82, 2.24) is 4.90 Å². The van der Waals surface area contributed by atoms with Gasteiger partial charge in [0.25, 0.3) is 0 Å². The molecule has 1 saturated heterocycles. The van der Waals surface area contributed by atoms with Crippen LogP contribution in [-0.4, -0.2) is 43.3 Å². The lowest BCUT2D eigenvalue weighted by Gasteiger charge is -2.50. The Morgan fingerprint density at radius 3 is 2.59 bits per heavy atom. The summed E-state index contributed by atoms with van der Waals surface area (Å²) in [6.45, 7) is 5.62. The summed E-state index contributed by atoms with van der Waals surface area (Å²) in [5.41, 5.74) is 6.36. The van der Waals surface area contributed by atoms with Crippen LogP contribution in [0.5, 0.6) is 0 Å². The van der Waals surface area contributed by atoms with E-state index < -0.39 is 0 Å². The van der Waals surface area contributed by atoms with Gasteiger partial charge in [-0.05, 0) is 57.5 Å². The molecule has 2 fully saturated rings. The molecule has 0 aromatic heterocycles. The van der Waals surface area contributed by atoms with Crippen molar-refractivity contribution in [2.24, 2.45) is 11.7 Å². The van der Waals surface area contributed by atoms with Crippen molar-refractivity contribution in [1.29, 1.82) is 0 Å². The summed E-state index contributed by atoms with van der Waals surface area (Å²) in [5.74, 6) is 0.892. The average molecular weight is 240 g/mol. The first-order valence-electron chi connectivity index (χ1n) is 7.18. The number of methoxy groups -OCH3 is 1. The monoisotopic (exact) mass is 240 g/mol. The van der Waals surface area contributed by atoms with Gasteiger partial charge in [0.1, 0.15) is 0 Å². The Kier molecular flexibility index (Phi) is 4.45. The van der Waals surface area contributed by atoms with Gasteiger partial charge in [-0.25, -0.2) is 0 Å². The second-order valence-corrected chi connectivity index (χ2v) is 6.05. The normalized spacial score (nSPS) is 37.2. The van der Waals surface area contributed by atoms with Gasteiger partial charge in [0.05, 0.1) is 6.10 Å². The third kappa shape index (κ3) is 2.83. The molecule has 0 radical (unpaired) electrons. The number of hydrogen-bond donors (Lipinski definition) is 1. The van der Waals surface area contributed by atoms with E-state index in [1.807, 2.05) is 7.11 Å². The molecule has 0 spiro atoms. The van der Waals surface area contributed by atoms with Crippen molar-refractivity contribution in [2.45, 2.75) is 57.1 Å². The summed E-state index contributed by atoms with van der Waals surface area (Å²) in [6.07, 6.45) is 7.96. The van der Waals surface area contributed by atoms with Gasteiger partial charge >= 0.3 is 0 Å². The van der Waals surface area contributed by atoms with E-state index in [1.165, 1.54) is 45.2 Å². The van der Waals surface area contributed by atoms with Crippen LogP contribution in [-0.2, 0) is 4.74 Å². The van der Waals surface area contributed by atoms with Crippen LogP contribution < -0.4 is 5.73 Å². The van der Waals surface area contributed by atoms with Crippen molar-refractivity contribution in [2.75, 3.05) is 26.7 Å². The molecule has 2 aliphatic rings. The SMILES string of the molecule is COC1CCCC(CN)(N2CCC(C)CC2)C1. The minimum absolute atomic E-state index is 0.235. The van der Waals surface area contributed by atoms with Gasteiger partial charge in [-0.3, -0.25) is 4.90 Å². The number of hydrogen-bond acceptors (Lipinski definition) is 3. The maximum atomic E-state index is 6.12. The maximum Gasteiger partial charge on any atom is 0.0589 e. The molecule has 0 aromatic rings. The first-order chi connectivity index (χ1) is 8.20. The summed E-state index contributed by atoms with van der Waals surface area (Å²) in [4.78, 5) is 2.66. The Labute approximate surface area is 106 Å². The summed E-state index contributed by atoms with van der Waals surface area (Å²) >= 11 is 0. The average Bonchev–Trinajstić information content (AvgIpc) is 2.39. The van der Waals surface area contributed by atoms with E-state index in [-0.39, 0.29) is 5.54 Å². The van der Waals surface area contributed by atoms with Gasteiger partial charge in [0.2, 0.25) is 0 Å². The summed E-state index contributed by atoms with van der Waals surface area (Å²) in [5, 5.41) is 0. The Balaban J connectivity index is 2.02. The van der Waals surface area contributed by atoms with Gasteiger partial charge in [0.15, 0.2) is 0 Å². The molecular weight excluding hydrogens is 212 g/mol. The highest BCUT2D eigenvalue weighted by molar-refractivity contribution is 4.98. The summed E-state index contributed by atoms with van der Waals surface area (Å²) < 4.78 is 5.58. The Morgan fingerprint density at radius 2 is 2.00 bits per heavy atom. The highest BCUT2D eigenvalue weighted by atomic mass is 16.5. The predicted molar refractivity (Wildman–Crippen MR) is 71.0 cm³/mol. The van der Waals surface area contributed by atoms with Crippen LogP contribution >= 0.6 is 0 Å². The number of nitrogens with two attached hydrogens (primary N) is 1. The topological polar surface area (TPSA) is 38.5 Å². The van der Waals surface area contributed by atoms with Gasteiger partial charge in [-0.15, -0.1) is 0 Å². The lowest BCUT2D eigenvalue weighted by Crippen LogP contribution is -2.59. The molecule has 3 nitrogen and oxygen atoms in total. The van der Waals surface area contributed by atoms with Crippen LogP contribution in [0, 0.1) is 5.92 Å². The lowest BCUT2D eigenvalue weighted by atomic mass is 9.77. The van der Waals surface area contributed by atoms with E-state index in [0.29, 0.717) is 6.10 Å². The maximum absolute atomic E-state index is 6.12. The Hall–Kier alpha value is -0.120. The van der Waals surface area contributed by atoms with E-state index in [9.17, 15) is 0 Å². The Bertz CT molecular complexity index is 238. The molecule has 2 atom stereocenters. The minimum Gasteiger partial charge on any atom is -0.381 e. The Morgan fingerprint density at radius 1 is 1.29 bits per heavy atom. The van der Waals surface area contributed by atoms with Crippen LogP contribution in [0.1, 0.15) is 45.4 Å². The van der Waals surface area contributed by atoms with E-state index >= 15 is 0 Å². The van der Waals surface area contributed by atoms with Crippen LogP contribution in [0.25, 0.3) is 0 Å². The first kappa shape index (κ1) is 13.3. The number of rotatable bonds is 3. The van der Waals surface area contributed by atoms with Gasteiger partial charge in [-0.2, -0.15) is 0 Å². The number of piperidine rings is 1. The largest absolute Gasteiger partial charge is 0.381 e. The standard InChI is InChI=1S/C14H28N2O/c1-12-5-8-16(9-6-12)14(11-15)7-3-4-13(10-14)17-2/h12-13H,3-11,15H2,1-2H3. The lowest BCUT2D eigenvalue weighted by molar-refractivity contribution is -0.0334. The fourth-order valence-electron chi connectivity index (χ4n) is 3.57. The fraction of sp³-hybridized carbons (Fsp3) is 1.00. The molecule has 0 bridgehead atoms. The zero-order chi connectivity index (χ0) is 12.3. The molecule has 3 heteroatoms. The third-order valence-electron chi connectivity index (χ3n) is 4.94. The van der Waals surface area contributed by atoms with Crippen molar-refractivity contribution in [3.63, 3.8) is 0 Å². The van der Waals surface area contributed by atoms with Crippen LogP contribution in [0.4, 0.5) is 0 Å². The van der Waals surface area contributed by atoms with Crippen LogP contribution in [0.15, 0.2) is 0 Å². The van der Waals surface area contributed by atoms with E-state index in [0.717, 1.165) is 18.9 Å². The molecule has 1 aliphatic heterocycles. The zero-order valence-electron chi connectivity index (χ0n) is 11.5. The number of ether oxygens (including phenoxy) is 1. The van der Waals surface area contributed by atoms with Crippen molar-refractivity contribution < 1.29 is 4.74 Å². The predicted octanol–water partition coefficient (Wildman–Crippen LogP) is 2.00. The first-order valence-corrected chi connectivity index (χ1v) is 7.18. The van der Waals surface area contributed by atoms with E-state index in [1.54, 1.807) is 0 Å². The molecule has 1 aliphatic carbocycles. The van der Waals surface area contributed by atoms with Crippen LogP contribution in [0.3, 0.4) is 0 Å². The molecule has 1 heterocycles. The summed E-state index contributed by atoms with van der Waals surface area (Å²) in [7, 11) is 1.84. The molecule has 2 unspecified atom stereocenters. The van der Waals surface area contributed by atoms with Crippen molar-refractivity contribution >= 4 is 0 Å². The molecule has 2 rings (SSSR count). The third-order valence-corrected chi connectivity index (χ3v) is 4.94. The smallest absolute Gasteiger partial charge is 0.0589 e. The van der Waals surface area contributed by atoms with Crippen molar-refractivity contribution in [3.05, 3.63) is 0 Å². The highest BCUT2D eigenvalue weighted by Crippen LogP contribution is 2.36. The molecule has 1 saturated carbocycles. The molecule has 17 heavy (non-hydrogen) atoms. The zero-order valence-corrected chi connectivity index (χ0v) is 11.5. The molecule has 0 aromatic carbocycles. The number of nitrogens with zero attached hydrogens (tertiary/aromatic N) is 1. The molecule has 0 amide bonds.